The van der Waals surface area contributed by atoms with Crippen molar-refractivity contribution in [2.75, 3.05) is 7.11 Å². The zero-order valence-corrected chi connectivity index (χ0v) is 14.1. The molecule has 2 aliphatic rings. The van der Waals surface area contributed by atoms with Gasteiger partial charge in [0.15, 0.2) is 0 Å². The van der Waals surface area contributed by atoms with Crippen LogP contribution < -0.4 is 0 Å². The van der Waals surface area contributed by atoms with E-state index in [9.17, 15) is 9.59 Å². The number of ether oxygens (including phenoxy) is 3. The molecule has 0 saturated carbocycles. The molecule has 2 heterocycles. The Balaban J connectivity index is 2.26. The highest BCUT2D eigenvalue weighted by Gasteiger charge is 2.52. The average molecular weight is 310 g/mol. The summed E-state index contributed by atoms with van der Waals surface area (Å²) >= 11 is 0. The van der Waals surface area contributed by atoms with Gasteiger partial charge in [-0.25, -0.2) is 0 Å². The fourth-order valence-corrected chi connectivity index (χ4v) is 3.36. The number of rotatable bonds is 3. The van der Waals surface area contributed by atoms with E-state index in [4.69, 9.17) is 14.2 Å². The lowest BCUT2D eigenvalue weighted by Crippen LogP contribution is -2.56. The first-order valence-electron chi connectivity index (χ1n) is 8.01. The number of methoxy groups -OCH3 is 1. The predicted octanol–water partition coefficient (Wildman–Crippen LogP) is 2.98. The fraction of sp³-hybridized carbons (Fsp3) is 0.765. The maximum absolute atomic E-state index is 12.6. The molecule has 2 aliphatic heterocycles. The van der Waals surface area contributed by atoms with E-state index in [2.05, 4.69) is 0 Å². The number of ketones is 1. The molecule has 22 heavy (non-hydrogen) atoms. The summed E-state index contributed by atoms with van der Waals surface area (Å²) in [5.41, 5.74) is 1.17. The van der Waals surface area contributed by atoms with Gasteiger partial charge in [0.2, 0.25) is 5.78 Å². The molecular weight excluding hydrogens is 284 g/mol. The number of carbonyl (C=O) groups excluding carboxylic acids is 2. The molecule has 0 aliphatic carbocycles. The van der Waals surface area contributed by atoms with Gasteiger partial charge < -0.3 is 14.2 Å². The van der Waals surface area contributed by atoms with Crippen molar-refractivity contribution in [1.82, 2.24) is 0 Å². The van der Waals surface area contributed by atoms with Gasteiger partial charge in [0.1, 0.15) is 0 Å². The van der Waals surface area contributed by atoms with Crippen molar-refractivity contribution in [3.05, 3.63) is 11.3 Å². The van der Waals surface area contributed by atoms with Crippen molar-refractivity contribution < 1.29 is 23.8 Å². The van der Waals surface area contributed by atoms with Gasteiger partial charge in [0.05, 0.1) is 24.9 Å². The highest BCUT2D eigenvalue weighted by Crippen LogP contribution is 2.42. The van der Waals surface area contributed by atoms with E-state index < -0.39 is 11.7 Å². The average Bonchev–Trinajstić information content (AvgIpc) is 2.51. The fourth-order valence-electron chi connectivity index (χ4n) is 3.36. The molecule has 124 valence electrons. The normalized spacial score (nSPS) is 33.6. The summed E-state index contributed by atoms with van der Waals surface area (Å²) < 4.78 is 16.9. The molecule has 0 bridgehead atoms. The summed E-state index contributed by atoms with van der Waals surface area (Å²) in [6, 6.07) is 0. The van der Waals surface area contributed by atoms with Gasteiger partial charge in [-0.15, -0.1) is 0 Å². The molecule has 1 spiro atoms. The number of carbonyl (C=O) groups is 2. The Bertz CT molecular complexity index is 495. The van der Waals surface area contributed by atoms with Crippen LogP contribution in [0.15, 0.2) is 11.3 Å². The zero-order valence-electron chi connectivity index (χ0n) is 14.1. The van der Waals surface area contributed by atoms with Crippen LogP contribution in [0.5, 0.6) is 0 Å². The minimum absolute atomic E-state index is 0.0215. The highest BCUT2D eigenvalue weighted by molar-refractivity contribution is 5.87. The molecule has 0 radical (unpaired) electrons. The van der Waals surface area contributed by atoms with Crippen molar-refractivity contribution in [2.24, 2.45) is 11.8 Å². The number of hydrogen-bond acceptors (Lipinski definition) is 5. The Morgan fingerprint density at radius 3 is 2.77 bits per heavy atom. The lowest BCUT2D eigenvalue weighted by Gasteiger charge is -2.46. The highest BCUT2D eigenvalue weighted by atomic mass is 16.7. The summed E-state index contributed by atoms with van der Waals surface area (Å²) in [5.74, 6) is -1.19. The number of esters is 1. The van der Waals surface area contributed by atoms with E-state index in [1.54, 1.807) is 6.92 Å². The van der Waals surface area contributed by atoms with Crippen LogP contribution in [-0.4, -0.2) is 30.8 Å². The molecule has 0 aromatic carbocycles. The standard InChI is InChI=1S/C17H26O5/c1-6-13-10(2)7-8-17(21-13)14(18)9-11(3)15(22-17)12(4)16(19)20-5/h11-12,15H,6-9H2,1-5H3/t11-,12+,15-,17-/m0/s1. The van der Waals surface area contributed by atoms with E-state index in [-0.39, 0.29) is 23.8 Å². The van der Waals surface area contributed by atoms with Gasteiger partial charge in [-0.3, -0.25) is 9.59 Å². The molecule has 5 nitrogen and oxygen atoms in total. The van der Waals surface area contributed by atoms with Gasteiger partial charge >= 0.3 is 5.97 Å². The maximum Gasteiger partial charge on any atom is 0.311 e. The molecule has 0 aromatic rings. The molecule has 0 N–H and O–H groups in total. The summed E-state index contributed by atoms with van der Waals surface area (Å²) in [7, 11) is 1.37. The van der Waals surface area contributed by atoms with Gasteiger partial charge in [-0.2, -0.15) is 0 Å². The van der Waals surface area contributed by atoms with Crippen molar-refractivity contribution in [3.8, 4) is 0 Å². The lowest BCUT2D eigenvalue weighted by molar-refractivity contribution is -0.268. The van der Waals surface area contributed by atoms with Crippen molar-refractivity contribution >= 4 is 11.8 Å². The third kappa shape index (κ3) is 2.91. The van der Waals surface area contributed by atoms with Crippen molar-refractivity contribution in [3.63, 3.8) is 0 Å². The summed E-state index contributed by atoms with van der Waals surface area (Å²) in [6.07, 6.45) is 2.02. The minimum atomic E-state index is -1.22. The third-order valence-corrected chi connectivity index (χ3v) is 4.80. The van der Waals surface area contributed by atoms with Gasteiger partial charge in [0, 0.05) is 19.3 Å². The van der Waals surface area contributed by atoms with Crippen LogP contribution in [0.1, 0.15) is 53.4 Å². The van der Waals surface area contributed by atoms with Crippen LogP contribution in [-0.2, 0) is 23.8 Å². The second-order valence-corrected chi connectivity index (χ2v) is 6.41. The molecule has 0 amide bonds. The predicted molar refractivity (Wildman–Crippen MR) is 80.9 cm³/mol. The molecular formula is C17H26O5. The van der Waals surface area contributed by atoms with E-state index in [1.807, 2.05) is 20.8 Å². The second-order valence-electron chi connectivity index (χ2n) is 6.41. The zero-order chi connectivity index (χ0) is 16.5. The monoisotopic (exact) mass is 310 g/mol. The smallest absolute Gasteiger partial charge is 0.311 e. The first-order chi connectivity index (χ1) is 10.3. The van der Waals surface area contributed by atoms with E-state index in [0.717, 1.165) is 18.6 Å². The van der Waals surface area contributed by atoms with Crippen LogP contribution in [0, 0.1) is 11.8 Å². The van der Waals surface area contributed by atoms with Gasteiger partial charge in [0.25, 0.3) is 5.79 Å². The topological polar surface area (TPSA) is 61.8 Å². The number of allylic oxidation sites excluding steroid dienone is 2. The molecule has 5 heteroatoms. The Morgan fingerprint density at radius 1 is 1.50 bits per heavy atom. The third-order valence-electron chi connectivity index (χ3n) is 4.80. The number of hydrogen-bond donors (Lipinski definition) is 0. The quantitative estimate of drug-likeness (QED) is 0.750. The molecule has 2 rings (SSSR count). The van der Waals surface area contributed by atoms with Gasteiger partial charge in [-0.05, 0) is 31.8 Å². The van der Waals surface area contributed by atoms with Crippen molar-refractivity contribution in [2.45, 2.75) is 65.3 Å². The van der Waals surface area contributed by atoms with Crippen LogP contribution >= 0.6 is 0 Å². The summed E-state index contributed by atoms with van der Waals surface area (Å²) in [6.45, 7) is 7.74. The van der Waals surface area contributed by atoms with Crippen LogP contribution in [0.2, 0.25) is 0 Å². The minimum Gasteiger partial charge on any atom is -0.469 e. The van der Waals surface area contributed by atoms with Gasteiger partial charge in [-0.1, -0.05) is 13.8 Å². The van der Waals surface area contributed by atoms with E-state index in [1.165, 1.54) is 12.7 Å². The molecule has 0 aromatic heterocycles. The van der Waals surface area contributed by atoms with E-state index >= 15 is 0 Å². The van der Waals surface area contributed by atoms with E-state index in [0.29, 0.717) is 12.8 Å². The molecule has 1 fully saturated rings. The Morgan fingerprint density at radius 2 is 2.18 bits per heavy atom. The second kappa shape index (κ2) is 6.41. The Hall–Kier alpha value is -1.36. The maximum atomic E-state index is 12.6. The SMILES string of the molecule is CCC1=C(C)CC[C@]2(O1)O[C@H]([C@@H](C)C(=O)OC)[C@@H](C)CC2=O. The molecule has 4 atom stereocenters. The molecule has 1 saturated heterocycles. The first kappa shape index (κ1) is 17.0. The largest absolute Gasteiger partial charge is 0.469 e. The molecule has 0 unspecified atom stereocenters. The summed E-state index contributed by atoms with van der Waals surface area (Å²) in [4.78, 5) is 24.4. The van der Waals surface area contributed by atoms with Crippen LogP contribution in [0.4, 0.5) is 0 Å². The summed E-state index contributed by atoms with van der Waals surface area (Å²) in [5, 5.41) is 0. The van der Waals surface area contributed by atoms with Crippen molar-refractivity contribution in [1.29, 1.82) is 0 Å². The Kier molecular flexibility index (Phi) is 4.95. The number of Topliss-reactive ketones (excluding diaryl/α,β-unsaturated/α-hetero) is 1. The van der Waals surface area contributed by atoms with Crippen LogP contribution in [0.25, 0.3) is 0 Å². The van der Waals surface area contributed by atoms with Crippen LogP contribution in [0.3, 0.4) is 0 Å². The Labute approximate surface area is 132 Å². The lowest BCUT2D eigenvalue weighted by atomic mass is 9.82. The first-order valence-corrected chi connectivity index (χ1v) is 8.01.